The average molecular weight is 165 g/mol. The van der Waals surface area contributed by atoms with Gasteiger partial charge in [0.05, 0.1) is 6.10 Å². The van der Waals surface area contributed by atoms with Gasteiger partial charge in [-0.15, -0.1) is 0 Å². The summed E-state index contributed by atoms with van der Waals surface area (Å²) in [6, 6.07) is 0. The van der Waals surface area contributed by atoms with Crippen molar-refractivity contribution in [2.24, 2.45) is 5.92 Å². The minimum Gasteiger partial charge on any atom is -0.376 e. The van der Waals surface area contributed by atoms with E-state index < -0.39 is 0 Å². The zero-order chi connectivity index (χ0) is 8.55. The molecule has 0 amide bonds. The molecule has 0 saturated heterocycles. The Morgan fingerprint density at radius 2 is 2.33 bits per heavy atom. The zero-order valence-electron chi connectivity index (χ0n) is 7.63. The summed E-state index contributed by atoms with van der Waals surface area (Å²) < 4.78 is 5.47. The molecule has 2 atom stereocenters. The molecule has 0 radical (unpaired) electrons. The Bertz CT molecular complexity index is 267. The predicted molar refractivity (Wildman–Crippen MR) is 48.0 cm³/mol. The summed E-state index contributed by atoms with van der Waals surface area (Å²) in [5, 5.41) is 0. The maximum Gasteiger partial charge on any atom is 0.0863 e. The van der Waals surface area contributed by atoms with Crippen LogP contribution in [0.15, 0.2) is 12.4 Å². The van der Waals surface area contributed by atoms with Crippen molar-refractivity contribution in [3.05, 3.63) is 23.5 Å². The van der Waals surface area contributed by atoms with Crippen molar-refractivity contribution in [3.8, 4) is 0 Å². The molecule has 0 aliphatic heterocycles. The molecule has 2 nitrogen and oxygen atoms in total. The topological polar surface area (TPSA) is 25.0 Å². The summed E-state index contributed by atoms with van der Waals surface area (Å²) in [6.45, 7) is 2.25. The molecule has 1 heterocycles. The molecule has 1 aliphatic rings. The van der Waals surface area contributed by atoms with Gasteiger partial charge in [-0.3, -0.25) is 0 Å². The lowest BCUT2D eigenvalue weighted by molar-refractivity contribution is 0.0483. The van der Waals surface area contributed by atoms with E-state index in [2.05, 4.69) is 24.3 Å². The largest absolute Gasteiger partial charge is 0.376 e. The van der Waals surface area contributed by atoms with E-state index in [1.165, 1.54) is 24.0 Å². The van der Waals surface area contributed by atoms with Crippen LogP contribution in [0.1, 0.15) is 30.6 Å². The van der Waals surface area contributed by atoms with Crippen LogP contribution >= 0.6 is 0 Å². The molecule has 1 unspecified atom stereocenters. The number of hydrogen-bond donors (Lipinski definition) is 1. The molecule has 1 N–H and O–H groups in total. The Labute approximate surface area is 72.9 Å². The van der Waals surface area contributed by atoms with Crippen LogP contribution in [0.25, 0.3) is 0 Å². The number of aromatic amines is 1. The highest BCUT2D eigenvalue weighted by molar-refractivity contribution is 5.28. The molecule has 1 aliphatic carbocycles. The summed E-state index contributed by atoms with van der Waals surface area (Å²) in [5.74, 6) is 0.651. The second-order valence-electron chi connectivity index (χ2n) is 3.61. The molecule has 0 saturated carbocycles. The van der Waals surface area contributed by atoms with Gasteiger partial charge in [0.2, 0.25) is 0 Å². The van der Waals surface area contributed by atoms with Crippen molar-refractivity contribution in [3.63, 3.8) is 0 Å². The number of methoxy groups -OCH3 is 1. The van der Waals surface area contributed by atoms with Crippen LogP contribution in [0.4, 0.5) is 0 Å². The molecule has 66 valence electrons. The molecule has 12 heavy (non-hydrogen) atoms. The van der Waals surface area contributed by atoms with E-state index in [0.717, 1.165) is 0 Å². The Kier molecular flexibility index (Phi) is 1.93. The maximum atomic E-state index is 5.47. The minimum atomic E-state index is 0.306. The maximum absolute atomic E-state index is 5.47. The second-order valence-corrected chi connectivity index (χ2v) is 3.61. The summed E-state index contributed by atoms with van der Waals surface area (Å²) in [6.07, 6.45) is 6.90. The number of hydrogen-bond acceptors (Lipinski definition) is 1. The molecular weight excluding hydrogens is 150 g/mol. The molecule has 0 fully saturated rings. The van der Waals surface area contributed by atoms with Gasteiger partial charge < -0.3 is 9.72 Å². The summed E-state index contributed by atoms with van der Waals surface area (Å²) in [4.78, 5) is 3.15. The number of aryl methyl sites for hydroxylation is 1. The third-order valence-corrected chi connectivity index (χ3v) is 2.81. The Balaban J connectivity index is 2.34. The summed E-state index contributed by atoms with van der Waals surface area (Å²) in [7, 11) is 1.79. The van der Waals surface area contributed by atoms with Crippen LogP contribution in [-0.4, -0.2) is 12.1 Å². The van der Waals surface area contributed by atoms with Crippen LogP contribution in [0, 0.1) is 5.92 Å². The third-order valence-electron chi connectivity index (χ3n) is 2.81. The normalized spacial score (nSPS) is 28.5. The molecule has 1 aromatic rings. The molecule has 2 heteroatoms. The lowest BCUT2D eigenvalue weighted by Gasteiger charge is -2.27. The van der Waals surface area contributed by atoms with E-state index >= 15 is 0 Å². The van der Waals surface area contributed by atoms with Crippen molar-refractivity contribution in [1.82, 2.24) is 4.98 Å². The fourth-order valence-electron chi connectivity index (χ4n) is 2.09. The van der Waals surface area contributed by atoms with Gasteiger partial charge >= 0.3 is 0 Å². The first-order chi connectivity index (χ1) is 5.83. The molecule has 2 rings (SSSR count). The predicted octanol–water partition coefficient (Wildman–Crippen LogP) is 2.28. The SMILES string of the molecule is COC1c2c[nH]cc2CC[C@@H]1C. The summed E-state index contributed by atoms with van der Waals surface area (Å²) in [5.41, 5.74) is 2.79. The van der Waals surface area contributed by atoms with E-state index in [4.69, 9.17) is 4.74 Å². The van der Waals surface area contributed by atoms with Gasteiger partial charge in [0.1, 0.15) is 0 Å². The van der Waals surface area contributed by atoms with E-state index in [0.29, 0.717) is 12.0 Å². The highest BCUT2D eigenvalue weighted by Crippen LogP contribution is 2.35. The van der Waals surface area contributed by atoms with Gasteiger partial charge in [0.25, 0.3) is 0 Å². The lowest BCUT2D eigenvalue weighted by atomic mass is 9.85. The van der Waals surface area contributed by atoms with Crippen LogP contribution in [0.2, 0.25) is 0 Å². The van der Waals surface area contributed by atoms with Crippen molar-refractivity contribution in [1.29, 1.82) is 0 Å². The second kappa shape index (κ2) is 2.94. The van der Waals surface area contributed by atoms with Crippen molar-refractivity contribution >= 4 is 0 Å². The van der Waals surface area contributed by atoms with Gasteiger partial charge in [0, 0.05) is 25.1 Å². The molecule has 1 aromatic heterocycles. The average Bonchev–Trinajstić information content (AvgIpc) is 2.52. The number of nitrogens with one attached hydrogen (secondary N) is 1. The lowest BCUT2D eigenvalue weighted by Crippen LogP contribution is -2.18. The quantitative estimate of drug-likeness (QED) is 0.678. The van der Waals surface area contributed by atoms with E-state index in [-0.39, 0.29) is 0 Å². The number of fused-ring (bicyclic) bond motifs is 1. The first kappa shape index (κ1) is 7.87. The number of rotatable bonds is 1. The molecule has 0 spiro atoms. The van der Waals surface area contributed by atoms with Gasteiger partial charge in [-0.2, -0.15) is 0 Å². The first-order valence-corrected chi connectivity index (χ1v) is 4.51. The molecule has 0 bridgehead atoms. The van der Waals surface area contributed by atoms with Crippen molar-refractivity contribution in [2.75, 3.05) is 7.11 Å². The Hall–Kier alpha value is -0.760. The molecular formula is C10H15NO. The van der Waals surface area contributed by atoms with Gasteiger partial charge in [-0.25, -0.2) is 0 Å². The van der Waals surface area contributed by atoms with Gasteiger partial charge in [0.15, 0.2) is 0 Å². The molecule has 0 aromatic carbocycles. The monoisotopic (exact) mass is 165 g/mol. The van der Waals surface area contributed by atoms with Crippen LogP contribution in [-0.2, 0) is 11.2 Å². The number of H-pyrrole nitrogens is 1. The van der Waals surface area contributed by atoms with Crippen LogP contribution < -0.4 is 0 Å². The first-order valence-electron chi connectivity index (χ1n) is 4.51. The fraction of sp³-hybridized carbons (Fsp3) is 0.600. The fourth-order valence-corrected chi connectivity index (χ4v) is 2.09. The highest BCUT2D eigenvalue weighted by atomic mass is 16.5. The van der Waals surface area contributed by atoms with Crippen molar-refractivity contribution in [2.45, 2.75) is 25.9 Å². The van der Waals surface area contributed by atoms with E-state index in [9.17, 15) is 0 Å². The van der Waals surface area contributed by atoms with E-state index in [1.807, 2.05) is 0 Å². The van der Waals surface area contributed by atoms with Gasteiger partial charge in [-0.1, -0.05) is 6.92 Å². The smallest absolute Gasteiger partial charge is 0.0863 e. The van der Waals surface area contributed by atoms with Gasteiger partial charge in [-0.05, 0) is 24.3 Å². The standard InChI is InChI=1S/C10H15NO/c1-7-3-4-8-5-11-6-9(8)10(7)12-2/h5-7,10-11H,3-4H2,1-2H3/t7-,10?/m0/s1. The van der Waals surface area contributed by atoms with Crippen LogP contribution in [0.5, 0.6) is 0 Å². The summed E-state index contributed by atoms with van der Waals surface area (Å²) >= 11 is 0. The third kappa shape index (κ3) is 1.07. The zero-order valence-corrected chi connectivity index (χ0v) is 7.63. The minimum absolute atomic E-state index is 0.306. The number of aromatic nitrogens is 1. The van der Waals surface area contributed by atoms with E-state index in [1.54, 1.807) is 7.11 Å². The highest BCUT2D eigenvalue weighted by Gasteiger charge is 2.26. The van der Waals surface area contributed by atoms with Crippen molar-refractivity contribution < 1.29 is 4.74 Å². The Morgan fingerprint density at radius 3 is 3.08 bits per heavy atom. The number of ether oxygens (including phenoxy) is 1. The Morgan fingerprint density at radius 1 is 1.50 bits per heavy atom. The van der Waals surface area contributed by atoms with Crippen LogP contribution in [0.3, 0.4) is 0 Å².